The van der Waals surface area contributed by atoms with E-state index in [-0.39, 0.29) is 11.6 Å². The molecule has 0 unspecified atom stereocenters. The molecule has 13 heavy (non-hydrogen) atoms. The molecule has 2 aliphatic carbocycles. The van der Waals surface area contributed by atoms with Crippen LogP contribution in [-0.4, -0.2) is 11.6 Å². The molecular weight excluding hydrogens is 232 g/mol. The van der Waals surface area contributed by atoms with E-state index in [1.807, 2.05) is 6.08 Å². The molecule has 0 amide bonds. The summed E-state index contributed by atoms with van der Waals surface area (Å²) < 4.78 is 6.02. The minimum absolute atomic E-state index is 0.207. The molecular formula is C10H9BrO2. The van der Waals surface area contributed by atoms with Gasteiger partial charge in [-0.25, -0.2) is 4.79 Å². The van der Waals surface area contributed by atoms with Crippen molar-refractivity contribution < 1.29 is 9.53 Å². The molecule has 0 saturated heterocycles. The highest BCUT2D eigenvalue weighted by Gasteiger charge is 2.53. The van der Waals surface area contributed by atoms with Crippen molar-refractivity contribution in [2.24, 2.45) is 11.8 Å². The van der Waals surface area contributed by atoms with Crippen LogP contribution in [0.25, 0.3) is 0 Å². The van der Waals surface area contributed by atoms with Crippen molar-refractivity contribution in [3.63, 3.8) is 0 Å². The normalized spacial score (nSPS) is 45.9. The Morgan fingerprint density at radius 2 is 2.38 bits per heavy atom. The third-order valence-electron chi connectivity index (χ3n) is 3.23. The Labute approximate surface area is 84.8 Å². The van der Waals surface area contributed by atoms with E-state index in [1.54, 1.807) is 0 Å². The summed E-state index contributed by atoms with van der Waals surface area (Å²) in [6, 6.07) is 0. The molecule has 1 fully saturated rings. The molecule has 0 radical (unpaired) electrons. The predicted molar refractivity (Wildman–Crippen MR) is 51.2 cm³/mol. The second kappa shape index (κ2) is 2.27. The standard InChI is InChI=1S/C10H9BrO2/c11-8-5-10(13-9(8)12)4-6-1-2-7(10)3-6/h1-2,5-7H,3-4H2/t6-,7+,10+/m1/s1. The van der Waals surface area contributed by atoms with E-state index in [9.17, 15) is 4.79 Å². The summed E-state index contributed by atoms with van der Waals surface area (Å²) in [5, 5.41) is 0. The first-order valence-corrected chi connectivity index (χ1v) is 5.29. The lowest BCUT2D eigenvalue weighted by atomic mass is 9.89. The van der Waals surface area contributed by atoms with Crippen molar-refractivity contribution in [2.45, 2.75) is 18.4 Å². The van der Waals surface area contributed by atoms with E-state index in [2.05, 4.69) is 28.1 Å². The number of allylic oxidation sites excluding steroid dienone is 1. The number of halogens is 1. The van der Waals surface area contributed by atoms with Crippen molar-refractivity contribution in [3.05, 3.63) is 22.7 Å². The van der Waals surface area contributed by atoms with Crippen molar-refractivity contribution in [2.75, 3.05) is 0 Å². The molecule has 3 atom stereocenters. The minimum atomic E-state index is -0.296. The van der Waals surface area contributed by atoms with Crippen molar-refractivity contribution in [1.82, 2.24) is 0 Å². The summed E-state index contributed by atoms with van der Waals surface area (Å²) in [4.78, 5) is 11.3. The van der Waals surface area contributed by atoms with Crippen LogP contribution >= 0.6 is 15.9 Å². The van der Waals surface area contributed by atoms with Crippen LogP contribution < -0.4 is 0 Å². The molecule has 3 heteroatoms. The second-order valence-corrected chi connectivity index (χ2v) is 4.88. The van der Waals surface area contributed by atoms with Gasteiger partial charge in [-0.2, -0.15) is 0 Å². The fourth-order valence-electron chi connectivity index (χ4n) is 2.66. The van der Waals surface area contributed by atoms with Crippen LogP contribution in [0.4, 0.5) is 0 Å². The molecule has 68 valence electrons. The Morgan fingerprint density at radius 3 is 2.85 bits per heavy atom. The van der Waals surface area contributed by atoms with E-state index in [4.69, 9.17) is 4.74 Å². The van der Waals surface area contributed by atoms with Gasteiger partial charge in [0.1, 0.15) is 10.1 Å². The predicted octanol–water partition coefficient (Wildman–Crippen LogP) is 2.16. The Kier molecular flexibility index (Phi) is 1.36. The number of carbonyl (C=O) groups excluding carboxylic acids is 1. The minimum Gasteiger partial charge on any atom is -0.450 e. The van der Waals surface area contributed by atoms with Crippen LogP contribution in [-0.2, 0) is 9.53 Å². The number of esters is 1. The van der Waals surface area contributed by atoms with Crippen LogP contribution in [0.3, 0.4) is 0 Å². The van der Waals surface area contributed by atoms with Gasteiger partial charge >= 0.3 is 5.97 Å². The van der Waals surface area contributed by atoms with Crippen LogP contribution in [0.2, 0.25) is 0 Å². The molecule has 0 aromatic carbocycles. The fourth-order valence-corrected chi connectivity index (χ4v) is 3.13. The maximum Gasteiger partial charge on any atom is 0.345 e. The summed E-state index contributed by atoms with van der Waals surface area (Å²) in [6.07, 6.45) is 8.48. The monoisotopic (exact) mass is 240 g/mol. The third-order valence-corrected chi connectivity index (χ3v) is 3.78. The van der Waals surface area contributed by atoms with E-state index < -0.39 is 0 Å². The molecule has 0 N–H and O–H groups in total. The van der Waals surface area contributed by atoms with Crippen LogP contribution in [0.5, 0.6) is 0 Å². The molecule has 2 bridgehead atoms. The number of hydrogen-bond donors (Lipinski definition) is 0. The second-order valence-electron chi connectivity index (χ2n) is 4.03. The Morgan fingerprint density at radius 1 is 1.54 bits per heavy atom. The Bertz CT molecular complexity index is 345. The van der Waals surface area contributed by atoms with E-state index in [1.165, 1.54) is 0 Å². The van der Waals surface area contributed by atoms with Crippen LogP contribution in [0.1, 0.15) is 12.8 Å². The number of ether oxygens (including phenoxy) is 1. The van der Waals surface area contributed by atoms with Crippen molar-refractivity contribution >= 4 is 21.9 Å². The zero-order valence-electron chi connectivity index (χ0n) is 7.00. The van der Waals surface area contributed by atoms with Gasteiger partial charge in [0.15, 0.2) is 0 Å². The molecule has 0 aromatic rings. The summed E-state index contributed by atoms with van der Waals surface area (Å²) in [7, 11) is 0. The number of rotatable bonds is 0. The van der Waals surface area contributed by atoms with E-state index >= 15 is 0 Å². The zero-order valence-corrected chi connectivity index (χ0v) is 8.58. The van der Waals surface area contributed by atoms with Gasteiger partial charge in [-0.15, -0.1) is 0 Å². The van der Waals surface area contributed by atoms with Gasteiger partial charge < -0.3 is 4.74 Å². The maximum absolute atomic E-state index is 11.3. The lowest BCUT2D eigenvalue weighted by Crippen LogP contribution is -2.32. The summed E-state index contributed by atoms with van der Waals surface area (Å²) >= 11 is 3.22. The van der Waals surface area contributed by atoms with Gasteiger partial charge in [0.2, 0.25) is 0 Å². The Hall–Kier alpha value is -0.570. The number of hydrogen-bond acceptors (Lipinski definition) is 2. The van der Waals surface area contributed by atoms with Gasteiger partial charge in [0.25, 0.3) is 0 Å². The quantitative estimate of drug-likeness (QED) is 0.479. The molecule has 2 nitrogen and oxygen atoms in total. The summed E-state index contributed by atoms with van der Waals surface area (Å²) in [6.45, 7) is 0. The zero-order chi connectivity index (χ0) is 9.05. The summed E-state index contributed by atoms with van der Waals surface area (Å²) in [5.74, 6) is 0.824. The molecule has 3 aliphatic rings. The van der Waals surface area contributed by atoms with Gasteiger partial charge in [-0.3, -0.25) is 0 Å². The number of fused-ring (bicyclic) bond motifs is 3. The fraction of sp³-hybridized carbons (Fsp3) is 0.500. The highest BCUT2D eigenvalue weighted by molar-refractivity contribution is 9.12. The number of carbonyl (C=O) groups is 1. The Balaban J connectivity index is 2.02. The highest BCUT2D eigenvalue weighted by atomic mass is 79.9. The molecule has 3 rings (SSSR count). The largest absolute Gasteiger partial charge is 0.450 e. The SMILES string of the molecule is O=C1O[C@]2(C=C1Br)C[C@@H]1C=C[C@H]2C1. The molecule has 1 saturated carbocycles. The van der Waals surface area contributed by atoms with Crippen molar-refractivity contribution in [1.29, 1.82) is 0 Å². The van der Waals surface area contributed by atoms with Crippen LogP contribution in [0, 0.1) is 11.8 Å². The lowest BCUT2D eigenvalue weighted by Gasteiger charge is -2.27. The highest BCUT2D eigenvalue weighted by Crippen LogP contribution is 2.52. The topological polar surface area (TPSA) is 26.3 Å². The van der Waals surface area contributed by atoms with Gasteiger partial charge in [0, 0.05) is 5.92 Å². The maximum atomic E-state index is 11.3. The van der Waals surface area contributed by atoms with E-state index in [0.29, 0.717) is 16.3 Å². The van der Waals surface area contributed by atoms with Gasteiger partial charge in [-0.1, -0.05) is 12.2 Å². The smallest absolute Gasteiger partial charge is 0.345 e. The first-order valence-electron chi connectivity index (χ1n) is 4.50. The van der Waals surface area contributed by atoms with Gasteiger partial charge in [-0.05, 0) is 40.8 Å². The van der Waals surface area contributed by atoms with Crippen LogP contribution in [0.15, 0.2) is 22.7 Å². The first-order chi connectivity index (χ1) is 6.20. The van der Waals surface area contributed by atoms with E-state index in [0.717, 1.165) is 12.8 Å². The van der Waals surface area contributed by atoms with Gasteiger partial charge in [0.05, 0.1) is 0 Å². The average Bonchev–Trinajstić information content (AvgIpc) is 2.68. The average molecular weight is 241 g/mol. The molecule has 0 aromatic heterocycles. The molecule has 1 aliphatic heterocycles. The lowest BCUT2D eigenvalue weighted by molar-refractivity contribution is -0.147. The third kappa shape index (κ3) is 0.909. The summed E-state index contributed by atoms with van der Waals surface area (Å²) in [5.41, 5.74) is -0.296. The van der Waals surface area contributed by atoms with Crippen molar-refractivity contribution in [3.8, 4) is 0 Å². The molecule has 1 spiro atoms. The first kappa shape index (κ1) is 7.80. The molecule has 1 heterocycles.